The molecule has 0 aliphatic heterocycles. The molecular formula is C55H106O17P2. The number of aliphatic hydroxyl groups is 1. The van der Waals surface area contributed by atoms with Crippen molar-refractivity contribution in [1.29, 1.82) is 0 Å². The second-order valence-electron chi connectivity index (χ2n) is 20.0. The van der Waals surface area contributed by atoms with Gasteiger partial charge in [0.15, 0.2) is 12.2 Å². The highest BCUT2D eigenvalue weighted by molar-refractivity contribution is 7.47. The molecule has 0 saturated heterocycles. The average Bonchev–Trinajstić information content (AvgIpc) is 3.37. The summed E-state index contributed by atoms with van der Waals surface area (Å²) in [6.07, 6.45) is 32.4. The SMILES string of the molecule is CCCCCCCCCCCCC(=O)OC[C@H](COP(=O)(O)OC[C@@H](O)COP(=O)(O)OC[C@@H](COC(=O)CCCCCCC)OC(=O)CCCCCCCCCCC)OC(=O)CCCCCCCCCCCC. The molecule has 0 aromatic rings. The number of hydrogen-bond acceptors (Lipinski definition) is 15. The van der Waals surface area contributed by atoms with E-state index < -0.39 is 97.5 Å². The molecule has 0 bridgehead atoms. The van der Waals surface area contributed by atoms with Crippen LogP contribution in [-0.4, -0.2) is 96.7 Å². The summed E-state index contributed by atoms with van der Waals surface area (Å²) in [6.45, 7) is 4.70. The normalized spacial score (nSPS) is 14.4. The van der Waals surface area contributed by atoms with Crippen molar-refractivity contribution in [1.82, 2.24) is 0 Å². The summed E-state index contributed by atoms with van der Waals surface area (Å²) < 4.78 is 67.3. The van der Waals surface area contributed by atoms with E-state index in [1.165, 1.54) is 96.3 Å². The fourth-order valence-corrected chi connectivity index (χ4v) is 9.62. The molecule has 0 aliphatic carbocycles. The Bertz CT molecular complexity index is 1450. The lowest BCUT2D eigenvalue weighted by Crippen LogP contribution is -2.30. The van der Waals surface area contributed by atoms with Crippen molar-refractivity contribution in [3.63, 3.8) is 0 Å². The number of phosphoric ester groups is 2. The highest BCUT2D eigenvalue weighted by Crippen LogP contribution is 2.45. The zero-order valence-electron chi connectivity index (χ0n) is 46.8. The van der Waals surface area contributed by atoms with Gasteiger partial charge in [-0.1, -0.05) is 220 Å². The van der Waals surface area contributed by atoms with Crippen LogP contribution in [0.5, 0.6) is 0 Å². The molecule has 2 unspecified atom stereocenters. The van der Waals surface area contributed by atoms with Crippen LogP contribution in [0.4, 0.5) is 0 Å². The largest absolute Gasteiger partial charge is 0.472 e. The first-order valence-electron chi connectivity index (χ1n) is 29.3. The van der Waals surface area contributed by atoms with Crippen molar-refractivity contribution in [2.45, 2.75) is 290 Å². The highest BCUT2D eigenvalue weighted by atomic mass is 31.2. The molecule has 0 aromatic carbocycles. The zero-order chi connectivity index (χ0) is 54.8. The number of carbonyl (C=O) groups is 4. The Hall–Kier alpha value is -1.94. The van der Waals surface area contributed by atoms with E-state index in [0.29, 0.717) is 25.7 Å². The summed E-state index contributed by atoms with van der Waals surface area (Å²) >= 11 is 0. The van der Waals surface area contributed by atoms with Gasteiger partial charge in [-0.2, -0.15) is 0 Å². The van der Waals surface area contributed by atoms with Gasteiger partial charge in [0, 0.05) is 25.7 Å². The van der Waals surface area contributed by atoms with Crippen molar-refractivity contribution in [2.24, 2.45) is 0 Å². The second kappa shape index (κ2) is 50.6. The molecule has 3 N–H and O–H groups in total. The van der Waals surface area contributed by atoms with Crippen molar-refractivity contribution >= 4 is 39.5 Å². The third-order valence-corrected chi connectivity index (χ3v) is 14.5. The molecule has 0 fully saturated rings. The van der Waals surface area contributed by atoms with Gasteiger partial charge in [0.1, 0.15) is 19.3 Å². The number of phosphoric acid groups is 2. The van der Waals surface area contributed by atoms with E-state index in [0.717, 1.165) is 96.3 Å². The van der Waals surface area contributed by atoms with E-state index in [1.54, 1.807) is 0 Å². The molecule has 5 atom stereocenters. The molecule has 0 spiro atoms. The molecule has 74 heavy (non-hydrogen) atoms. The predicted molar refractivity (Wildman–Crippen MR) is 289 cm³/mol. The molecule has 0 rings (SSSR count). The molecule has 0 aromatic heterocycles. The van der Waals surface area contributed by atoms with Gasteiger partial charge in [-0.25, -0.2) is 9.13 Å². The Morgan fingerprint density at radius 3 is 0.797 bits per heavy atom. The fourth-order valence-electron chi connectivity index (χ4n) is 8.04. The Kier molecular flexibility index (Phi) is 49.2. The second-order valence-corrected chi connectivity index (χ2v) is 22.9. The number of rotatable bonds is 56. The van der Waals surface area contributed by atoms with Crippen molar-refractivity contribution in [2.75, 3.05) is 39.6 Å². The Balaban J connectivity index is 5.18. The number of aliphatic hydroxyl groups excluding tert-OH is 1. The molecule has 0 saturated carbocycles. The van der Waals surface area contributed by atoms with Crippen LogP contribution in [0.2, 0.25) is 0 Å². The van der Waals surface area contributed by atoms with E-state index >= 15 is 0 Å². The molecule has 0 amide bonds. The number of carbonyl (C=O) groups excluding carboxylic acids is 4. The van der Waals surface area contributed by atoms with Crippen LogP contribution in [0.3, 0.4) is 0 Å². The first-order valence-corrected chi connectivity index (χ1v) is 32.3. The number of hydrogen-bond donors (Lipinski definition) is 3. The van der Waals surface area contributed by atoms with Gasteiger partial charge in [-0.05, 0) is 25.7 Å². The molecule has 0 heterocycles. The van der Waals surface area contributed by atoms with Crippen LogP contribution in [0.1, 0.15) is 272 Å². The first-order chi connectivity index (χ1) is 35.7. The summed E-state index contributed by atoms with van der Waals surface area (Å²) in [5.74, 6) is -2.16. The first kappa shape index (κ1) is 72.1. The average molecular weight is 1100 g/mol. The van der Waals surface area contributed by atoms with Crippen LogP contribution < -0.4 is 0 Å². The molecular weight excluding hydrogens is 995 g/mol. The monoisotopic (exact) mass is 1100 g/mol. The van der Waals surface area contributed by atoms with Crippen LogP contribution >= 0.6 is 15.6 Å². The molecule has 0 radical (unpaired) electrons. The maximum atomic E-state index is 12.9. The summed E-state index contributed by atoms with van der Waals surface area (Å²) in [5, 5.41) is 10.4. The van der Waals surface area contributed by atoms with E-state index in [1.807, 2.05) is 0 Å². The summed E-state index contributed by atoms with van der Waals surface area (Å²) in [6, 6.07) is 0. The van der Waals surface area contributed by atoms with E-state index in [4.69, 9.17) is 37.0 Å². The van der Waals surface area contributed by atoms with Crippen molar-refractivity contribution in [3.8, 4) is 0 Å². The van der Waals surface area contributed by atoms with Gasteiger partial charge in [-0.3, -0.25) is 37.3 Å². The van der Waals surface area contributed by atoms with Crippen molar-refractivity contribution in [3.05, 3.63) is 0 Å². The lowest BCUT2D eigenvalue weighted by molar-refractivity contribution is -0.161. The van der Waals surface area contributed by atoms with E-state index in [9.17, 15) is 43.2 Å². The molecule has 438 valence electrons. The Labute approximate surface area is 447 Å². The van der Waals surface area contributed by atoms with Crippen molar-refractivity contribution < 1.29 is 80.2 Å². The van der Waals surface area contributed by atoms with Gasteiger partial charge >= 0.3 is 39.5 Å². The number of unbranched alkanes of at least 4 members (excludes halogenated alkanes) is 30. The smallest absolute Gasteiger partial charge is 0.462 e. The summed E-state index contributed by atoms with van der Waals surface area (Å²) in [5.41, 5.74) is 0. The predicted octanol–water partition coefficient (Wildman–Crippen LogP) is 14.4. The van der Waals surface area contributed by atoms with Gasteiger partial charge in [-0.15, -0.1) is 0 Å². The van der Waals surface area contributed by atoms with Crippen LogP contribution in [0.15, 0.2) is 0 Å². The van der Waals surface area contributed by atoms with Gasteiger partial charge in [0.2, 0.25) is 0 Å². The highest BCUT2D eigenvalue weighted by Gasteiger charge is 2.30. The minimum atomic E-state index is -4.93. The van der Waals surface area contributed by atoms with E-state index in [-0.39, 0.29) is 25.7 Å². The lowest BCUT2D eigenvalue weighted by atomic mass is 10.1. The van der Waals surface area contributed by atoms with E-state index in [2.05, 4.69) is 27.7 Å². The van der Waals surface area contributed by atoms with Gasteiger partial charge in [0.05, 0.1) is 26.4 Å². The van der Waals surface area contributed by atoms with Crippen LogP contribution in [0, 0.1) is 0 Å². The molecule has 0 aliphatic rings. The topological polar surface area (TPSA) is 237 Å². The third-order valence-electron chi connectivity index (χ3n) is 12.6. The third kappa shape index (κ3) is 49.6. The Morgan fingerprint density at radius 2 is 0.541 bits per heavy atom. The minimum absolute atomic E-state index is 0.105. The van der Waals surface area contributed by atoms with Crippen LogP contribution in [0.25, 0.3) is 0 Å². The quantitative estimate of drug-likeness (QED) is 0.0222. The zero-order valence-corrected chi connectivity index (χ0v) is 48.6. The van der Waals surface area contributed by atoms with Gasteiger partial charge in [0.25, 0.3) is 0 Å². The van der Waals surface area contributed by atoms with Gasteiger partial charge < -0.3 is 33.8 Å². The maximum Gasteiger partial charge on any atom is 0.472 e. The maximum absolute atomic E-state index is 12.9. The summed E-state index contributed by atoms with van der Waals surface area (Å²) in [4.78, 5) is 71.4. The molecule has 19 heteroatoms. The lowest BCUT2D eigenvalue weighted by Gasteiger charge is -2.21. The minimum Gasteiger partial charge on any atom is -0.462 e. The standard InChI is InChI=1S/C55H106O17P2/c1-5-9-13-17-20-23-26-28-32-36-40-53(58)66-46-51(72-55(60)42-38-34-30-27-24-21-18-14-10-6-2)48-70-74(63,64)68-44-49(56)43-67-73(61,62)69-47-50(45-65-52(57)39-35-31-16-12-8-4)71-54(59)41-37-33-29-25-22-19-15-11-7-3/h49-51,56H,5-48H2,1-4H3,(H,61,62)(H,63,64)/t49-,50+,51+/m0/s1. The molecule has 17 nitrogen and oxygen atoms in total. The number of esters is 4. The Morgan fingerprint density at radius 1 is 0.324 bits per heavy atom. The van der Waals surface area contributed by atoms with Crippen LogP contribution in [-0.2, 0) is 65.4 Å². The fraction of sp³-hybridized carbons (Fsp3) is 0.927. The number of ether oxygens (including phenoxy) is 4. The summed E-state index contributed by atoms with van der Waals surface area (Å²) in [7, 11) is -9.85.